The molecule has 0 aliphatic rings. The van der Waals surface area contributed by atoms with Gasteiger partial charge in [-0.15, -0.1) is 11.3 Å². The topological polar surface area (TPSA) is 155 Å². The van der Waals surface area contributed by atoms with E-state index < -0.39 is 46.7 Å². The Hall–Kier alpha value is -5.11. The summed E-state index contributed by atoms with van der Waals surface area (Å²) in [6, 6.07) is 10.4. The molecule has 0 spiro atoms. The first kappa shape index (κ1) is 33.8. The molecule has 1 unspecified atom stereocenters. The van der Waals surface area contributed by atoms with Crippen LogP contribution in [0.1, 0.15) is 44.2 Å². The maximum absolute atomic E-state index is 14.1. The molecule has 2 heterocycles. The maximum atomic E-state index is 14.1. The summed E-state index contributed by atoms with van der Waals surface area (Å²) in [6.45, 7) is 4.99. The van der Waals surface area contributed by atoms with Crippen LogP contribution < -0.4 is 26.7 Å². The van der Waals surface area contributed by atoms with Crippen molar-refractivity contribution in [2.24, 2.45) is 5.73 Å². The van der Waals surface area contributed by atoms with Crippen LogP contribution in [-0.2, 0) is 27.5 Å². The van der Waals surface area contributed by atoms with Crippen molar-refractivity contribution in [2.75, 3.05) is 5.32 Å². The van der Waals surface area contributed by atoms with Gasteiger partial charge in [0, 0.05) is 17.8 Å². The predicted molar refractivity (Wildman–Crippen MR) is 169 cm³/mol. The molecule has 4 N–H and O–H groups in total. The van der Waals surface area contributed by atoms with Crippen molar-refractivity contribution in [3.63, 3.8) is 0 Å². The Bertz CT molecular complexity index is 1830. The summed E-state index contributed by atoms with van der Waals surface area (Å²) < 4.78 is 40.5. The summed E-state index contributed by atoms with van der Waals surface area (Å²) in [4.78, 5) is 54.6. The Balaban J connectivity index is 1.49. The predicted octanol–water partition coefficient (Wildman–Crippen LogP) is 5.02. The Morgan fingerprint density at radius 1 is 1.13 bits per heavy atom. The fourth-order valence-electron chi connectivity index (χ4n) is 4.25. The second kappa shape index (κ2) is 14.8. The number of carbonyl (C=O) groups is 3. The molecular formula is C32H33F2N5O6S. The zero-order valence-electron chi connectivity index (χ0n) is 25.3. The van der Waals surface area contributed by atoms with Gasteiger partial charge in [0.15, 0.2) is 0 Å². The number of hydrogen-bond acceptors (Lipinski definition) is 8. The largest absolute Gasteiger partial charge is 0.487 e. The molecule has 0 aliphatic heterocycles. The van der Waals surface area contributed by atoms with Gasteiger partial charge in [-0.05, 0) is 76.1 Å². The average Bonchev–Trinajstić information content (AvgIpc) is 3.38. The maximum Gasteiger partial charge on any atom is 0.408 e. The number of carbonyl (C=O) groups excluding carboxylic acids is 3. The van der Waals surface area contributed by atoms with Gasteiger partial charge in [-0.3, -0.25) is 14.4 Å². The van der Waals surface area contributed by atoms with E-state index in [1.54, 1.807) is 51.2 Å². The highest BCUT2D eigenvalue weighted by Crippen LogP contribution is 2.32. The van der Waals surface area contributed by atoms with Gasteiger partial charge in [-0.1, -0.05) is 12.1 Å². The SMILES string of the molecule is CC(C)(C)OC(=O)NC(CC/C=C/C(N)=O)C(=O)Nc1cccn(Cc2nc3cccc(OCc4ccc(F)cc4F)c3s2)c1=O. The second-order valence-electron chi connectivity index (χ2n) is 11.2. The van der Waals surface area contributed by atoms with Gasteiger partial charge < -0.3 is 30.4 Å². The standard InChI is InChI=1S/C32H33F2N5O6S/c1-32(2,3)45-31(43)38-23(8-4-5-12-26(35)40)29(41)37-24-10-7-15-39(30(24)42)17-27-36-22-9-6-11-25(28(22)46-27)44-18-19-13-14-20(33)16-21(19)34/h5-7,9-16,23H,4,8,17-18H2,1-3H3,(H2,35,40)(H,37,41)(H,38,43)/b12-5+. The minimum absolute atomic E-state index is 0.0253. The van der Waals surface area contributed by atoms with Gasteiger partial charge in [-0.25, -0.2) is 18.6 Å². The molecular weight excluding hydrogens is 620 g/mol. The number of rotatable bonds is 12. The molecule has 4 rings (SSSR count). The lowest BCUT2D eigenvalue weighted by molar-refractivity contribution is -0.118. The smallest absolute Gasteiger partial charge is 0.408 e. The summed E-state index contributed by atoms with van der Waals surface area (Å²) in [5.41, 5.74) is 4.57. The molecule has 0 aliphatic carbocycles. The number of pyridine rings is 1. The van der Waals surface area contributed by atoms with E-state index in [2.05, 4.69) is 15.6 Å². The van der Waals surface area contributed by atoms with E-state index in [9.17, 15) is 28.0 Å². The normalized spacial score (nSPS) is 12.2. The monoisotopic (exact) mass is 653 g/mol. The lowest BCUT2D eigenvalue weighted by Gasteiger charge is -2.23. The summed E-state index contributed by atoms with van der Waals surface area (Å²) in [7, 11) is 0. The van der Waals surface area contributed by atoms with Crippen LogP contribution in [0.3, 0.4) is 0 Å². The van der Waals surface area contributed by atoms with Crippen LogP contribution in [0.15, 0.2) is 71.7 Å². The molecule has 2 aromatic heterocycles. The van der Waals surface area contributed by atoms with Crippen molar-refractivity contribution >= 4 is 45.1 Å². The number of allylic oxidation sites excluding steroid dienone is 1. The summed E-state index contributed by atoms with van der Waals surface area (Å²) in [5.74, 6) is -2.25. The van der Waals surface area contributed by atoms with Crippen LogP contribution in [0.4, 0.5) is 19.3 Å². The number of ether oxygens (including phenoxy) is 2. The van der Waals surface area contributed by atoms with Crippen LogP contribution >= 0.6 is 11.3 Å². The molecule has 0 saturated heterocycles. The van der Waals surface area contributed by atoms with E-state index in [1.165, 1.54) is 34.1 Å². The molecule has 242 valence electrons. The number of anilines is 1. The van der Waals surface area contributed by atoms with E-state index in [1.807, 2.05) is 0 Å². The number of alkyl carbamates (subject to hydrolysis) is 1. The van der Waals surface area contributed by atoms with Gasteiger partial charge in [0.25, 0.3) is 5.56 Å². The first-order valence-electron chi connectivity index (χ1n) is 14.2. The van der Waals surface area contributed by atoms with Crippen LogP contribution in [0, 0.1) is 11.6 Å². The van der Waals surface area contributed by atoms with Gasteiger partial charge in [0.05, 0.1) is 16.8 Å². The van der Waals surface area contributed by atoms with Gasteiger partial charge in [0.1, 0.15) is 46.3 Å². The lowest BCUT2D eigenvalue weighted by Crippen LogP contribution is -2.46. The Morgan fingerprint density at radius 3 is 2.63 bits per heavy atom. The highest BCUT2D eigenvalue weighted by Gasteiger charge is 2.25. The summed E-state index contributed by atoms with van der Waals surface area (Å²) >= 11 is 1.28. The number of nitrogens with two attached hydrogens (primary N) is 1. The highest BCUT2D eigenvalue weighted by molar-refractivity contribution is 7.19. The quantitative estimate of drug-likeness (QED) is 0.182. The molecule has 3 amide bonds. The number of fused-ring (bicyclic) bond motifs is 1. The molecule has 0 fully saturated rings. The summed E-state index contributed by atoms with van der Waals surface area (Å²) in [6.07, 6.45) is 3.69. The van der Waals surface area contributed by atoms with E-state index >= 15 is 0 Å². The lowest BCUT2D eigenvalue weighted by atomic mass is 10.1. The summed E-state index contributed by atoms with van der Waals surface area (Å²) in [5, 5.41) is 5.66. The van der Waals surface area contributed by atoms with Crippen LogP contribution in [-0.4, -0.2) is 39.1 Å². The molecule has 0 bridgehead atoms. The van der Waals surface area contributed by atoms with E-state index in [-0.39, 0.29) is 37.2 Å². The third-order valence-electron chi connectivity index (χ3n) is 6.32. The molecule has 4 aromatic rings. The average molecular weight is 654 g/mol. The van der Waals surface area contributed by atoms with E-state index in [4.69, 9.17) is 15.2 Å². The Labute approximate surface area is 267 Å². The van der Waals surface area contributed by atoms with E-state index in [0.29, 0.717) is 21.0 Å². The first-order chi connectivity index (χ1) is 21.8. The van der Waals surface area contributed by atoms with Crippen molar-refractivity contribution < 1.29 is 32.6 Å². The van der Waals surface area contributed by atoms with Crippen molar-refractivity contribution in [1.29, 1.82) is 0 Å². The highest BCUT2D eigenvalue weighted by atomic mass is 32.1. The number of thiazole rings is 1. The van der Waals surface area contributed by atoms with Crippen LogP contribution in [0.25, 0.3) is 10.2 Å². The fourth-order valence-corrected chi connectivity index (χ4v) is 5.28. The zero-order valence-corrected chi connectivity index (χ0v) is 26.2. The van der Waals surface area contributed by atoms with Crippen LogP contribution in [0.5, 0.6) is 5.75 Å². The minimum atomic E-state index is -1.09. The van der Waals surface area contributed by atoms with E-state index in [0.717, 1.165) is 18.2 Å². The number of nitrogens with zero attached hydrogens (tertiary/aromatic N) is 2. The third kappa shape index (κ3) is 9.44. The van der Waals surface area contributed by atoms with Gasteiger partial charge in [-0.2, -0.15) is 0 Å². The first-order valence-corrected chi connectivity index (χ1v) is 15.0. The molecule has 0 radical (unpaired) electrons. The number of primary amides is 1. The molecule has 2 aromatic carbocycles. The third-order valence-corrected chi connectivity index (χ3v) is 7.39. The van der Waals surface area contributed by atoms with Crippen molar-refractivity contribution in [1.82, 2.24) is 14.9 Å². The van der Waals surface area contributed by atoms with Gasteiger partial charge >= 0.3 is 6.09 Å². The van der Waals surface area contributed by atoms with Crippen molar-refractivity contribution in [3.8, 4) is 5.75 Å². The molecule has 11 nitrogen and oxygen atoms in total. The van der Waals surface area contributed by atoms with Crippen LogP contribution in [0.2, 0.25) is 0 Å². The number of benzene rings is 2. The van der Waals surface area contributed by atoms with Gasteiger partial charge in [0.2, 0.25) is 11.8 Å². The number of halogens is 2. The fraction of sp³-hybridized carbons (Fsp3) is 0.281. The number of nitrogens with one attached hydrogen (secondary N) is 2. The zero-order chi connectivity index (χ0) is 33.4. The molecule has 46 heavy (non-hydrogen) atoms. The Kier molecular flexibility index (Phi) is 10.9. The van der Waals surface area contributed by atoms with Crippen molar-refractivity contribution in [2.45, 2.75) is 58.4 Å². The number of aromatic nitrogens is 2. The minimum Gasteiger partial charge on any atom is -0.487 e. The second-order valence-corrected chi connectivity index (χ2v) is 12.2. The molecule has 14 heteroatoms. The van der Waals surface area contributed by atoms with Crippen molar-refractivity contribution in [3.05, 3.63) is 99.4 Å². The number of hydrogen-bond donors (Lipinski definition) is 3. The number of amides is 3. The Morgan fingerprint density at radius 2 is 1.91 bits per heavy atom. The molecule has 0 saturated carbocycles. The molecule has 1 atom stereocenters.